The third-order valence-corrected chi connectivity index (χ3v) is 3.65. The number of hydrogen-bond donors (Lipinski definition) is 1. The van der Waals surface area contributed by atoms with Gasteiger partial charge in [0.2, 0.25) is 0 Å². The van der Waals surface area contributed by atoms with Crippen molar-refractivity contribution in [2.75, 3.05) is 5.32 Å². The lowest BCUT2D eigenvalue weighted by Crippen LogP contribution is -2.27. The maximum Gasteiger partial charge on any atom is 0.412 e. The zero-order valence-corrected chi connectivity index (χ0v) is 13.6. The minimum absolute atomic E-state index is 0.465. The predicted octanol–water partition coefficient (Wildman–Crippen LogP) is 3.73. The van der Waals surface area contributed by atoms with E-state index in [1.54, 1.807) is 40.0 Å². The average molecular weight is 316 g/mol. The van der Waals surface area contributed by atoms with Crippen molar-refractivity contribution in [3.8, 4) is 16.6 Å². The molecule has 0 saturated heterocycles. The van der Waals surface area contributed by atoms with Crippen LogP contribution in [-0.4, -0.2) is 21.7 Å². The van der Waals surface area contributed by atoms with Gasteiger partial charge in [-0.15, -0.1) is 0 Å². The zero-order chi connectivity index (χ0) is 16.3. The number of carbonyl (C=O) groups is 1. The number of pyridine rings is 1. The number of nitriles is 1. The van der Waals surface area contributed by atoms with Crippen LogP contribution in [-0.2, 0) is 4.74 Å². The van der Waals surface area contributed by atoms with E-state index in [1.807, 2.05) is 6.07 Å². The standard InChI is InChI=1S/C15H16N4O2S/c1-9-12(19-14(20)21-15(2,3)4)22-13(18-9)11-5-10(6-16)7-17-8-11/h5,7-8H,1-4H3,(H,19,20). The lowest BCUT2D eigenvalue weighted by atomic mass is 10.2. The third kappa shape index (κ3) is 4.02. The Morgan fingerprint density at radius 1 is 1.41 bits per heavy atom. The Balaban J connectivity index is 2.21. The number of aryl methyl sites for hydroxylation is 1. The van der Waals surface area contributed by atoms with Gasteiger partial charge < -0.3 is 4.74 Å². The van der Waals surface area contributed by atoms with E-state index in [2.05, 4.69) is 15.3 Å². The predicted molar refractivity (Wildman–Crippen MR) is 84.7 cm³/mol. The van der Waals surface area contributed by atoms with Crippen molar-refractivity contribution >= 4 is 22.4 Å². The summed E-state index contributed by atoms with van der Waals surface area (Å²) >= 11 is 1.31. The van der Waals surface area contributed by atoms with Crippen LogP contribution in [0.15, 0.2) is 18.5 Å². The van der Waals surface area contributed by atoms with Gasteiger partial charge in [0.15, 0.2) is 0 Å². The van der Waals surface area contributed by atoms with E-state index in [9.17, 15) is 4.79 Å². The first-order chi connectivity index (χ1) is 10.3. The summed E-state index contributed by atoms with van der Waals surface area (Å²) < 4.78 is 5.22. The molecule has 6 nitrogen and oxygen atoms in total. The van der Waals surface area contributed by atoms with Gasteiger partial charge in [-0.05, 0) is 33.8 Å². The fraction of sp³-hybridized carbons (Fsp3) is 0.333. The molecule has 0 aliphatic carbocycles. The lowest BCUT2D eigenvalue weighted by molar-refractivity contribution is 0.0636. The number of aromatic nitrogens is 2. The first kappa shape index (κ1) is 15.9. The van der Waals surface area contributed by atoms with Crippen molar-refractivity contribution < 1.29 is 9.53 Å². The molecule has 0 saturated carbocycles. The molecule has 0 aliphatic heterocycles. The first-order valence-electron chi connectivity index (χ1n) is 6.61. The van der Waals surface area contributed by atoms with Gasteiger partial charge in [-0.25, -0.2) is 9.78 Å². The maximum absolute atomic E-state index is 11.8. The summed E-state index contributed by atoms with van der Waals surface area (Å²) in [6.45, 7) is 7.21. The van der Waals surface area contributed by atoms with Crippen molar-refractivity contribution in [1.82, 2.24) is 9.97 Å². The molecule has 0 aliphatic rings. The number of ether oxygens (including phenoxy) is 1. The lowest BCUT2D eigenvalue weighted by Gasteiger charge is -2.19. The molecule has 0 aromatic carbocycles. The molecule has 0 atom stereocenters. The van der Waals surface area contributed by atoms with Crippen LogP contribution in [0.5, 0.6) is 0 Å². The highest BCUT2D eigenvalue weighted by Gasteiger charge is 2.18. The average Bonchev–Trinajstić information content (AvgIpc) is 2.78. The summed E-state index contributed by atoms with van der Waals surface area (Å²) in [6.07, 6.45) is 2.61. The van der Waals surface area contributed by atoms with Gasteiger partial charge in [0.25, 0.3) is 0 Å². The topological polar surface area (TPSA) is 87.9 Å². The van der Waals surface area contributed by atoms with Gasteiger partial charge in [0, 0.05) is 18.0 Å². The highest BCUT2D eigenvalue weighted by Crippen LogP contribution is 2.32. The van der Waals surface area contributed by atoms with Gasteiger partial charge in [0.1, 0.15) is 21.7 Å². The zero-order valence-electron chi connectivity index (χ0n) is 12.8. The Morgan fingerprint density at radius 3 is 2.77 bits per heavy atom. The number of nitrogens with zero attached hydrogens (tertiary/aromatic N) is 3. The summed E-state index contributed by atoms with van der Waals surface area (Å²) in [6, 6.07) is 3.75. The highest BCUT2D eigenvalue weighted by molar-refractivity contribution is 7.19. The van der Waals surface area contributed by atoms with Crippen LogP contribution in [0, 0.1) is 18.3 Å². The fourth-order valence-electron chi connectivity index (χ4n) is 1.65. The van der Waals surface area contributed by atoms with Gasteiger partial charge in [-0.3, -0.25) is 10.3 Å². The van der Waals surface area contributed by atoms with Crippen LogP contribution in [0.1, 0.15) is 32.0 Å². The number of nitrogens with one attached hydrogen (secondary N) is 1. The first-order valence-corrected chi connectivity index (χ1v) is 7.43. The van der Waals surface area contributed by atoms with Gasteiger partial charge >= 0.3 is 6.09 Å². The molecule has 1 N–H and O–H groups in total. The van der Waals surface area contributed by atoms with Crippen LogP contribution in [0.2, 0.25) is 0 Å². The molecule has 114 valence electrons. The molecule has 2 heterocycles. The van der Waals surface area contributed by atoms with E-state index in [4.69, 9.17) is 10.00 Å². The van der Waals surface area contributed by atoms with Gasteiger partial charge in [0.05, 0.1) is 11.3 Å². The molecule has 0 fully saturated rings. The molecule has 7 heteroatoms. The Morgan fingerprint density at radius 2 is 2.14 bits per heavy atom. The number of amides is 1. The molecule has 0 spiro atoms. The minimum Gasteiger partial charge on any atom is -0.444 e. The molecule has 0 radical (unpaired) electrons. The summed E-state index contributed by atoms with van der Waals surface area (Å²) in [5.74, 6) is 0. The van der Waals surface area contributed by atoms with Crippen molar-refractivity contribution in [2.24, 2.45) is 0 Å². The number of carbonyl (C=O) groups excluding carboxylic acids is 1. The van der Waals surface area contributed by atoms with Crippen LogP contribution in [0.3, 0.4) is 0 Å². The second-order valence-electron chi connectivity index (χ2n) is 5.63. The van der Waals surface area contributed by atoms with Crippen molar-refractivity contribution in [2.45, 2.75) is 33.3 Å². The number of hydrogen-bond acceptors (Lipinski definition) is 6. The Bertz CT molecular complexity index is 741. The Kier molecular flexibility index (Phi) is 4.43. The SMILES string of the molecule is Cc1nc(-c2cncc(C#N)c2)sc1NC(=O)OC(C)(C)C. The van der Waals surface area contributed by atoms with Gasteiger partial charge in [-0.2, -0.15) is 5.26 Å². The number of rotatable bonds is 2. The molecule has 2 rings (SSSR count). The van der Waals surface area contributed by atoms with Crippen LogP contribution >= 0.6 is 11.3 Å². The van der Waals surface area contributed by atoms with Crippen molar-refractivity contribution in [1.29, 1.82) is 5.26 Å². The van der Waals surface area contributed by atoms with Crippen LogP contribution < -0.4 is 5.32 Å². The Hall–Kier alpha value is -2.46. The number of thiazole rings is 1. The molecule has 2 aromatic heterocycles. The molecule has 22 heavy (non-hydrogen) atoms. The second kappa shape index (κ2) is 6.12. The fourth-order valence-corrected chi connectivity index (χ4v) is 2.58. The van der Waals surface area contributed by atoms with Crippen LogP contribution in [0.4, 0.5) is 9.80 Å². The van der Waals surface area contributed by atoms with Crippen LogP contribution in [0.25, 0.3) is 10.6 Å². The second-order valence-corrected chi connectivity index (χ2v) is 6.63. The molecule has 0 bridgehead atoms. The molecular weight excluding hydrogens is 300 g/mol. The highest BCUT2D eigenvalue weighted by atomic mass is 32.1. The summed E-state index contributed by atoms with van der Waals surface area (Å²) in [4.78, 5) is 20.2. The third-order valence-electron chi connectivity index (χ3n) is 2.53. The van der Waals surface area contributed by atoms with Crippen molar-refractivity contribution in [3.63, 3.8) is 0 Å². The largest absolute Gasteiger partial charge is 0.444 e. The van der Waals surface area contributed by atoms with E-state index < -0.39 is 11.7 Å². The van der Waals surface area contributed by atoms with E-state index in [-0.39, 0.29) is 0 Å². The molecule has 0 unspecified atom stereocenters. The molecular formula is C15H16N4O2S. The van der Waals surface area contributed by atoms with E-state index in [1.165, 1.54) is 17.5 Å². The quantitative estimate of drug-likeness (QED) is 0.912. The normalized spacial score (nSPS) is 10.9. The van der Waals surface area contributed by atoms with Gasteiger partial charge in [-0.1, -0.05) is 11.3 Å². The maximum atomic E-state index is 11.8. The number of anilines is 1. The van der Waals surface area contributed by atoms with E-state index >= 15 is 0 Å². The van der Waals surface area contributed by atoms with E-state index in [0.717, 1.165) is 5.56 Å². The monoisotopic (exact) mass is 316 g/mol. The smallest absolute Gasteiger partial charge is 0.412 e. The summed E-state index contributed by atoms with van der Waals surface area (Å²) in [7, 11) is 0. The van der Waals surface area contributed by atoms with Crippen molar-refractivity contribution in [3.05, 3.63) is 29.7 Å². The summed E-state index contributed by atoms with van der Waals surface area (Å²) in [5, 5.41) is 12.9. The molecule has 1 amide bonds. The molecule has 2 aromatic rings. The Labute approximate surface area is 132 Å². The minimum atomic E-state index is -0.559. The van der Waals surface area contributed by atoms with E-state index in [0.29, 0.717) is 21.3 Å². The summed E-state index contributed by atoms with van der Waals surface area (Å²) in [5.41, 5.74) is 1.33.